The summed E-state index contributed by atoms with van der Waals surface area (Å²) in [5.41, 5.74) is 1.39. The summed E-state index contributed by atoms with van der Waals surface area (Å²) in [4.78, 5) is 13.4. The van der Waals surface area contributed by atoms with Gasteiger partial charge >= 0.3 is 0 Å². The van der Waals surface area contributed by atoms with Crippen molar-refractivity contribution in [2.75, 3.05) is 36.3 Å². The first-order valence-corrected chi connectivity index (χ1v) is 8.07. The molecule has 1 aromatic rings. The van der Waals surface area contributed by atoms with Gasteiger partial charge in [0.05, 0.1) is 16.5 Å². The molecule has 0 aromatic heterocycles. The maximum Gasteiger partial charge on any atom is 0.225 e. The van der Waals surface area contributed by atoms with Gasteiger partial charge in [-0.25, -0.2) is 8.42 Å². The topological polar surface area (TPSA) is 66.5 Å². The molecule has 1 N–H and O–H groups in total. The molecule has 19 heavy (non-hydrogen) atoms. The van der Waals surface area contributed by atoms with E-state index in [0.29, 0.717) is 10.7 Å². The lowest BCUT2D eigenvalue weighted by Gasteiger charge is -2.15. The normalized spacial score (nSPS) is 11.2. The molecule has 0 saturated heterocycles. The largest absolute Gasteiger partial charge is 0.376 e. The van der Waals surface area contributed by atoms with Gasteiger partial charge in [0.25, 0.3) is 0 Å². The van der Waals surface area contributed by atoms with E-state index in [2.05, 4.69) is 5.32 Å². The number of hydrogen-bond acceptors (Lipinski definition) is 4. The molecule has 5 nitrogen and oxygen atoms in total. The van der Waals surface area contributed by atoms with Crippen molar-refractivity contribution < 1.29 is 13.2 Å². The minimum absolute atomic E-state index is 0.0636. The van der Waals surface area contributed by atoms with E-state index >= 15 is 0 Å². The fourth-order valence-corrected chi connectivity index (χ4v) is 2.35. The quantitative estimate of drug-likeness (QED) is 0.900. The highest BCUT2D eigenvalue weighted by Gasteiger charge is 2.09. The van der Waals surface area contributed by atoms with Gasteiger partial charge in [0.15, 0.2) is 0 Å². The number of amides is 1. The number of rotatable bonds is 5. The fraction of sp³-hybridized carbons (Fsp3) is 0.417. The molecule has 0 aliphatic rings. The first-order valence-electron chi connectivity index (χ1n) is 5.63. The second kappa shape index (κ2) is 6.25. The number of hydrogen-bond donors (Lipinski definition) is 1. The Hall–Kier alpha value is -1.27. The molecule has 0 aliphatic heterocycles. The third-order valence-electron chi connectivity index (χ3n) is 2.41. The van der Waals surface area contributed by atoms with E-state index in [4.69, 9.17) is 11.6 Å². The molecule has 0 fully saturated rings. The molecule has 0 saturated carbocycles. The number of anilines is 2. The molecule has 1 aromatic carbocycles. The van der Waals surface area contributed by atoms with E-state index in [0.717, 1.165) is 11.9 Å². The average Bonchev–Trinajstić information content (AvgIpc) is 2.25. The second-order valence-electron chi connectivity index (χ2n) is 4.49. The molecule has 1 amide bonds. The van der Waals surface area contributed by atoms with Gasteiger partial charge in [0, 0.05) is 32.5 Å². The van der Waals surface area contributed by atoms with Crippen molar-refractivity contribution in [1.29, 1.82) is 0 Å². The van der Waals surface area contributed by atoms with E-state index in [1.165, 1.54) is 0 Å². The number of sulfone groups is 1. The van der Waals surface area contributed by atoms with Crippen LogP contribution in [0.2, 0.25) is 5.02 Å². The van der Waals surface area contributed by atoms with Gasteiger partial charge in [-0.3, -0.25) is 4.79 Å². The third kappa shape index (κ3) is 5.48. The maximum absolute atomic E-state index is 11.6. The molecule has 1 rings (SSSR count). The van der Waals surface area contributed by atoms with Crippen LogP contribution in [0, 0.1) is 0 Å². The second-order valence-corrected chi connectivity index (χ2v) is 7.16. The fourth-order valence-electron chi connectivity index (χ4n) is 1.45. The van der Waals surface area contributed by atoms with Crippen LogP contribution in [-0.4, -0.2) is 40.4 Å². The Morgan fingerprint density at radius 2 is 2.00 bits per heavy atom. The van der Waals surface area contributed by atoms with E-state index in [1.807, 2.05) is 19.0 Å². The number of carbonyl (C=O) groups is 1. The van der Waals surface area contributed by atoms with Crippen LogP contribution in [0.3, 0.4) is 0 Å². The van der Waals surface area contributed by atoms with E-state index in [9.17, 15) is 13.2 Å². The first-order chi connectivity index (χ1) is 8.69. The summed E-state index contributed by atoms with van der Waals surface area (Å²) in [7, 11) is 0.602. The van der Waals surface area contributed by atoms with Crippen LogP contribution in [0.4, 0.5) is 11.4 Å². The van der Waals surface area contributed by atoms with E-state index < -0.39 is 9.84 Å². The monoisotopic (exact) mass is 304 g/mol. The van der Waals surface area contributed by atoms with Crippen LogP contribution in [0.5, 0.6) is 0 Å². The SMILES string of the molecule is CN(C)c1ccc(NC(=O)CCS(C)(=O)=O)cc1Cl. The number of nitrogens with one attached hydrogen (secondary N) is 1. The molecule has 106 valence electrons. The van der Waals surface area contributed by atoms with Crippen molar-refractivity contribution >= 4 is 38.7 Å². The molecule has 0 radical (unpaired) electrons. The Balaban J connectivity index is 2.68. The van der Waals surface area contributed by atoms with Crippen molar-refractivity contribution in [1.82, 2.24) is 0 Å². The van der Waals surface area contributed by atoms with Crippen molar-refractivity contribution in [2.45, 2.75) is 6.42 Å². The van der Waals surface area contributed by atoms with Crippen molar-refractivity contribution in [3.63, 3.8) is 0 Å². The van der Waals surface area contributed by atoms with Crippen LogP contribution in [0.15, 0.2) is 18.2 Å². The van der Waals surface area contributed by atoms with Crippen LogP contribution < -0.4 is 10.2 Å². The average molecular weight is 305 g/mol. The van der Waals surface area contributed by atoms with E-state index in [-0.39, 0.29) is 18.1 Å². The van der Waals surface area contributed by atoms with Crippen LogP contribution in [0.1, 0.15) is 6.42 Å². The van der Waals surface area contributed by atoms with E-state index in [1.54, 1.807) is 18.2 Å². The Morgan fingerprint density at radius 3 is 2.47 bits per heavy atom. The molecule has 0 unspecified atom stereocenters. The number of halogens is 1. The van der Waals surface area contributed by atoms with Gasteiger partial charge in [-0.15, -0.1) is 0 Å². The molecule has 0 bridgehead atoms. The lowest BCUT2D eigenvalue weighted by Crippen LogP contribution is -2.16. The Morgan fingerprint density at radius 1 is 1.37 bits per heavy atom. The lowest BCUT2D eigenvalue weighted by molar-refractivity contribution is -0.115. The molecular weight excluding hydrogens is 288 g/mol. The predicted octanol–water partition coefficient (Wildman–Crippen LogP) is 1.78. The minimum Gasteiger partial charge on any atom is -0.376 e. The highest BCUT2D eigenvalue weighted by Crippen LogP contribution is 2.27. The van der Waals surface area contributed by atoms with Crippen molar-refractivity contribution in [3.05, 3.63) is 23.2 Å². The Labute approximate surface area is 118 Å². The predicted molar refractivity (Wildman–Crippen MR) is 78.7 cm³/mol. The molecule has 0 aliphatic carbocycles. The third-order valence-corrected chi connectivity index (χ3v) is 3.66. The summed E-state index contributed by atoms with van der Waals surface area (Å²) in [6.07, 6.45) is 1.04. The molecule has 7 heteroatoms. The van der Waals surface area contributed by atoms with Gasteiger partial charge in [0.1, 0.15) is 9.84 Å². The van der Waals surface area contributed by atoms with Gasteiger partial charge in [0.2, 0.25) is 5.91 Å². The summed E-state index contributed by atoms with van der Waals surface area (Å²) in [5, 5.41) is 3.13. The van der Waals surface area contributed by atoms with Gasteiger partial charge in [-0.2, -0.15) is 0 Å². The molecule has 0 spiro atoms. The van der Waals surface area contributed by atoms with Crippen LogP contribution in [-0.2, 0) is 14.6 Å². The molecule has 0 atom stereocenters. The standard InChI is InChI=1S/C12H17ClN2O3S/c1-15(2)11-5-4-9(8-10(11)13)14-12(16)6-7-19(3,17)18/h4-5,8H,6-7H2,1-3H3,(H,14,16). The van der Waals surface area contributed by atoms with Gasteiger partial charge < -0.3 is 10.2 Å². The summed E-state index contributed by atoms with van der Waals surface area (Å²) >= 11 is 6.07. The Bertz CT molecular complexity index is 570. The number of nitrogens with zero attached hydrogens (tertiary/aromatic N) is 1. The number of benzene rings is 1. The van der Waals surface area contributed by atoms with Crippen LogP contribution >= 0.6 is 11.6 Å². The molecular formula is C12H17ClN2O3S. The van der Waals surface area contributed by atoms with Gasteiger partial charge in [-0.1, -0.05) is 11.6 Å². The lowest BCUT2D eigenvalue weighted by atomic mass is 10.2. The summed E-state index contributed by atoms with van der Waals surface area (Å²) < 4.78 is 21.9. The van der Waals surface area contributed by atoms with Crippen molar-refractivity contribution in [3.8, 4) is 0 Å². The van der Waals surface area contributed by atoms with Gasteiger partial charge in [-0.05, 0) is 18.2 Å². The summed E-state index contributed by atoms with van der Waals surface area (Å²) in [6.45, 7) is 0. The Kier molecular flexibility index (Phi) is 5.20. The smallest absolute Gasteiger partial charge is 0.225 e. The first kappa shape index (κ1) is 15.8. The summed E-state index contributed by atoms with van der Waals surface area (Å²) in [5.74, 6) is -0.512. The highest BCUT2D eigenvalue weighted by molar-refractivity contribution is 7.90. The highest BCUT2D eigenvalue weighted by atomic mass is 35.5. The minimum atomic E-state index is -3.13. The molecule has 0 heterocycles. The zero-order valence-corrected chi connectivity index (χ0v) is 12.7. The zero-order valence-electron chi connectivity index (χ0n) is 11.1. The zero-order chi connectivity index (χ0) is 14.6. The maximum atomic E-state index is 11.6. The number of carbonyl (C=O) groups excluding carboxylic acids is 1. The summed E-state index contributed by atoms with van der Waals surface area (Å²) in [6, 6.07) is 5.14. The van der Waals surface area contributed by atoms with Crippen LogP contribution in [0.25, 0.3) is 0 Å². The van der Waals surface area contributed by atoms with Crippen molar-refractivity contribution in [2.24, 2.45) is 0 Å².